The number of aldehydes is 1. The van der Waals surface area contributed by atoms with Crippen LogP contribution in [-0.2, 0) is 10.5 Å². The van der Waals surface area contributed by atoms with Crippen molar-refractivity contribution in [3.05, 3.63) is 23.3 Å². The van der Waals surface area contributed by atoms with Gasteiger partial charge in [-0.3, -0.25) is 0 Å². The van der Waals surface area contributed by atoms with E-state index in [4.69, 9.17) is 9.47 Å². The molecule has 0 heterocycles. The van der Waals surface area contributed by atoms with Crippen LogP contribution in [-0.4, -0.2) is 20.5 Å². The highest BCUT2D eigenvalue weighted by Gasteiger charge is 2.26. The van der Waals surface area contributed by atoms with Crippen LogP contribution in [0.4, 0.5) is 4.39 Å². The van der Waals surface area contributed by atoms with Crippen molar-refractivity contribution >= 4 is 6.29 Å². The number of carbonyl (C=O) groups is 1. The molecule has 1 rings (SSSR count). The molecule has 0 saturated heterocycles. The Balaban J connectivity index is 3.41. The molecule has 1 unspecified atom stereocenters. The third-order valence-corrected chi connectivity index (χ3v) is 3.17. The average molecular weight is 268 g/mol. The van der Waals surface area contributed by atoms with Crippen LogP contribution in [0.3, 0.4) is 0 Å². The number of methoxy groups -OCH3 is 2. The van der Waals surface area contributed by atoms with E-state index in [1.807, 2.05) is 6.92 Å². The van der Waals surface area contributed by atoms with Gasteiger partial charge in [-0.2, -0.15) is 0 Å². The monoisotopic (exact) mass is 268 g/mol. The molecule has 0 saturated carbocycles. The Morgan fingerprint density at radius 1 is 1.26 bits per heavy atom. The van der Waals surface area contributed by atoms with E-state index >= 15 is 0 Å². The molecule has 106 valence electrons. The largest absolute Gasteiger partial charge is 0.496 e. The highest BCUT2D eigenvalue weighted by atomic mass is 19.1. The Labute approximate surface area is 113 Å². The maximum Gasteiger partial charge on any atom is 0.134 e. The first kappa shape index (κ1) is 15.5. The summed E-state index contributed by atoms with van der Waals surface area (Å²) in [4.78, 5) is 10.7. The van der Waals surface area contributed by atoms with Crippen LogP contribution in [0.25, 0.3) is 0 Å². The first-order chi connectivity index (χ1) is 8.85. The van der Waals surface area contributed by atoms with E-state index in [9.17, 15) is 9.18 Å². The maximum atomic E-state index is 14.2. The third kappa shape index (κ3) is 3.46. The SMILES string of the molecule is COc1cc(OC)c(C(C)(C)F)cc1C(C)CC=O. The smallest absolute Gasteiger partial charge is 0.134 e. The fraction of sp³-hybridized carbons (Fsp3) is 0.533. The molecule has 0 aliphatic carbocycles. The maximum absolute atomic E-state index is 14.2. The van der Waals surface area contributed by atoms with Gasteiger partial charge in [-0.1, -0.05) is 6.92 Å². The second kappa shape index (κ2) is 6.04. The Bertz CT molecular complexity index is 449. The molecule has 0 aromatic heterocycles. The number of carbonyl (C=O) groups excluding carboxylic acids is 1. The predicted octanol–water partition coefficient (Wildman–Crippen LogP) is 3.60. The zero-order chi connectivity index (χ0) is 14.6. The number of rotatable bonds is 6. The van der Waals surface area contributed by atoms with Crippen molar-refractivity contribution in [1.29, 1.82) is 0 Å². The molecule has 0 amide bonds. The lowest BCUT2D eigenvalue weighted by Gasteiger charge is -2.23. The van der Waals surface area contributed by atoms with Crippen molar-refractivity contribution < 1.29 is 18.7 Å². The Morgan fingerprint density at radius 2 is 1.84 bits per heavy atom. The Hall–Kier alpha value is -1.58. The molecule has 1 aromatic rings. The molecule has 0 radical (unpaired) electrons. The van der Waals surface area contributed by atoms with E-state index in [1.165, 1.54) is 21.0 Å². The van der Waals surface area contributed by atoms with Gasteiger partial charge in [0.25, 0.3) is 0 Å². The van der Waals surface area contributed by atoms with Crippen molar-refractivity contribution in [2.75, 3.05) is 14.2 Å². The molecule has 0 N–H and O–H groups in total. The van der Waals surface area contributed by atoms with Crippen molar-refractivity contribution in [3.63, 3.8) is 0 Å². The normalized spacial score (nSPS) is 12.9. The predicted molar refractivity (Wildman–Crippen MR) is 72.8 cm³/mol. The number of benzene rings is 1. The lowest BCUT2D eigenvalue weighted by molar-refractivity contribution is -0.108. The van der Waals surface area contributed by atoms with Gasteiger partial charge in [-0.15, -0.1) is 0 Å². The van der Waals surface area contributed by atoms with Crippen molar-refractivity contribution in [1.82, 2.24) is 0 Å². The van der Waals surface area contributed by atoms with Crippen molar-refractivity contribution in [3.8, 4) is 11.5 Å². The summed E-state index contributed by atoms with van der Waals surface area (Å²) >= 11 is 0. The van der Waals surface area contributed by atoms with Crippen LogP contribution in [0, 0.1) is 0 Å². The summed E-state index contributed by atoms with van der Waals surface area (Å²) in [5.74, 6) is 1.03. The molecule has 1 atom stereocenters. The zero-order valence-electron chi connectivity index (χ0n) is 12.1. The average Bonchev–Trinajstić information content (AvgIpc) is 2.36. The van der Waals surface area contributed by atoms with Crippen LogP contribution < -0.4 is 9.47 Å². The van der Waals surface area contributed by atoms with Gasteiger partial charge in [-0.05, 0) is 31.4 Å². The Morgan fingerprint density at radius 3 is 2.26 bits per heavy atom. The standard InChI is InChI=1S/C15H21FO3/c1-10(6-7-17)11-8-12(15(2,3)16)14(19-5)9-13(11)18-4/h7-10H,6H2,1-5H3. The van der Waals surface area contributed by atoms with E-state index in [-0.39, 0.29) is 5.92 Å². The highest BCUT2D eigenvalue weighted by Crippen LogP contribution is 2.40. The second-order valence-corrected chi connectivity index (χ2v) is 5.07. The summed E-state index contributed by atoms with van der Waals surface area (Å²) in [5, 5.41) is 0. The number of ether oxygens (including phenoxy) is 2. The highest BCUT2D eigenvalue weighted by molar-refractivity contribution is 5.55. The summed E-state index contributed by atoms with van der Waals surface area (Å²) in [7, 11) is 3.05. The molecule has 0 bridgehead atoms. The minimum atomic E-state index is -1.52. The fourth-order valence-corrected chi connectivity index (χ4v) is 2.04. The summed E-state index contributed by atoms with van der Waals surface area (Å²) in [6.07, 6.45) is 1.23. The van der Waals surface area contributed by atoms with Crippen molar-refractivity contribution in [2.45, 2.75) is 38.8 Å². The van der Waals surface area contributed by atoms with Gasteiger partial charge in [0.15, 0.2) is 0 Å². The van der Waals surface area contributed by atoms with E-state index in [0.717, 1.165) is 11.8 Å². The second-order valence-electron chi connectivity index (χ2n) is 5.07. The van der Waals surface area contributed by atoms with Crippen LogP contribution >= 0.6 is 0 Å². The van der Waals surface area contributed by atoms with E-state index in [0.29, 0.717) is 23.5 Å². The third-order valence-electron chi connectivity index (χ3n) is 3.17. The minimum absolute atomic E-state index is 0.0283. The minimum Gasteiger partial charge on any atom is -0.496 e. The summed E-state index contributed by atoms with van der Waals surface area (Å²) in [5.41, 5.74) is -0.243. The van der Waals surface area contributed by atoms with E-state index < -0.39 is 5.67 Å². The summed E-state index contributed by atoms with van der Waals surface area (Å²) in [6.45, 7) is 4.87. The van der Waals surface area contributed by atoms with Gasteiger partial charge in [0.2, 0.25) is 0 Å². The Kier molecular flexibility index (Phi) is 4.92. The van der Waals surface area contributed by atoms with Crippen LogP contribution in [0.5, 0.6) is 11.5 Å². The van der Waals surface area contributed by atoms with Gasteiger partial charge in [0.1, 0.15) is 23.5 Å². The number of halogens is 1. The molecule has 3 nitrogen and oxygen atoms in total. The van der Waals surface area contributed by atoms with Gasteiger partial charge in [0, 0.05) is 18.1 Å². The number of hydrogen-bond donors (Lipinski definition) is 0. The molecule has 19 heavy (non-hydrogen) atoms. The summed E-state index contributed by atoms with van der Waals surface area (Å²) in [6, 6.07) is 3.40. The number of hydrogen-bond acceptors (Lipinski definition) is 3. The van der Waals surface area contributed by atoms with E-state index in [1.54, 1.807) is 19.2 Å². The van der Waals surface area contributed by atoms with E-state index in [2.05, 4.69) is 0 Å². The van der Waals surface area contributed by atoms with Gasteiger partial charge in [0.05, 0.1) is 14.2 Å². The molecule has 4 heteroatoms. The lowest BCUT2D eigenvalue weighted by Crippen LogP contribution is -2.13. The van der Waals surface area contributed by atoms with Crippen LogP contribution in [0.15, 0.2) is 12.1 Å². The quantitative estimate of drug-likeness (QED) is 0.739. The first-order valence-electron chi connectivity index (χ1n) is 6.24. The first-order valence-corrected chi connectivity index (χ1v) is 6.24. The zero-order valence-corrected chi connectivity index (χ0v) is 12.1. The van der Waals surface area contributed by atoms with Crippen LogP contribution in [0.1, 0.15) is 44.2 Å². The van der Waals surface area contributed by atoms with Gasteiger partial charge in [-0.25, -0.2) is 4.39 Å². The molecule has 0 aliphatic rings. The molecule has 0 fully saturated rings. The number of alkyl halides is 1. The lowest BCUT2D eigenvalue weighted by atomic mass is 9.90. The molecule has 0 spiro atoms. The van der Waals surface area contributed by atoms with Gasteiger partial charge < -0.3 is 14.3 Å². The van der Waals surface area contributed by atoms with Gasteiger partial charge >= 0.3 is 0 Å². The topological polar surface area (TPSA) is 35.5 Å². The molecule has 1 aromatic carbocycles. The molecular weight excluding hydrogens is 247 g/mol. The summed E-state index contributed by atoms with van der Waals surface area (Å²) < 4.78 is 24.8. The van der Waals surface area contributed by atoms with Crippen LogP contribution in [0.2, 0.25) is 0 Å². The molecule has 0 aliphatic heterocycles. The van der Waals surface area contributed by atoms with Crippen molar-refractivity contribution in [2.24, 2.45) is 0 Å². The molecular formula is C15H21FO3. The fourth-order valence-electron chi connectivity index (χ4n) is 2.04.